The van der Waals surface area contributed by atoms with Crippen LogP contribution in [0.25, 0.3) is 11.1 Å². The van der Waals surface area contributed by atoms with Crippen LogP contribution in [0.4, 0.5) is 4.39 Å². The second kappa shape index (κ2) is 8.11. The van der Waals surface area contributed by atoms with Gasteiger partial charge in [-0.2, -0.15) is 0 Å². The van der Waals surface area contributed by atoms with Gasteiger partial charge in [-0.3, -0.25) is 0 Å². The average molecular weight is 346 g/mol. The Bertz CT molecular complexity index is 660. The van der Waals surface area contributed by atoms with E-state index in [-0.39, 0.29) is 5.82 Å². The largest absolute Gasteiger partial charge is 0.244 e. The first-order valence-corrected chi connectivity index (χ1v) is 9.46. The third kappa shape index (κ3) is 4.16. The normalized spacial score (nSPS) is 21.0. The molecule has 128 valence electrons. The van der Waals surface area contributed by atoms with Crippen molar-refractivity contribution in [1.82, 2.24) is 4.98 Å². The van der Waals surface area contributed by atoms with Crippen LogP contribution in [-0.2, 0) is 0 Å². The lowest BCUT2D eigenvalue weighted by atomic mass is 9.77. The third-order valence-electron chi connectivity index (χ3n) is 5.31. The molecule has 0 bridgehead atoms. The molecule has 24 heavy (non-hydrogen) atoms. The standard InChI is InChI=1S/C21H25ClFN/c1-2-3-4-15-5-7-16(8-6-15)19-11-9-17(13-20(19)23)18-10-12-21(22)24-14-18/h9-16H,2-8H2,1H3/t15-,16-. The summed E-state index contributed by atoms with van der Waals surface area (Å²) in [7, 11) is 0. The Morgan fingerprint density at radius 2 is 1.83 bits per heavy atom. The Morgan fingerprint density at radius 1 is 1.08 bits per heavy atom. The van der Waals surface area contributed by atoms with Crippen LogP contribution in [0.1, 0.15) is 63.4 Å². The Hall–Kier alpha value is -1.41. The van der Waals surface area contributed by atoms with Gasteiger partial charge in [-0.25, -0.2) is 9.37 Å². The molecule has 0 spiro atoms. The van der Waals surface area contributed by atoms with Crippen molar-refractivity contribution in [3.63, 3.8) is 0 Å². The molecule has 1 fully saturated rings. The third-order valence-corrected chi connectivity index (χ3v) is 5.54. The molecule has 0 unspecified atom stereocenters. The lowest BCUT2D eigenvalue weighted by molar-refractivity contribution is 0.301. The highest BCUT2D eigenvalue weighted by molar-refractivity contribution is 6.29. The van der Waals surface area contributed by atoms with E-state index in [1.165, 1.54) is 32.1 Å². The van der Waals surface area contributed by atoms with E-state index in [9.17, 15) is 4.39 Å². The lowest BCUT2D eigenvalue weighted by Crippen LogP contribution is -2.14. The Kier molecular flexibility index (Phi) is 5.89. The molecule has 1 aliphatic rings. The van der Waals surface area contributed by atoms with E-state index in [0.717, 1.165) is 35.4 Å². The molecule has 0 saturated heterocycles. The van der Waals surface area contributed by atoms with Gasteiger partial charge in [0.2, 0.25) is 0 Å². The number of unbranched alkanes of at least 4 members (excludes halogenated alkanes) is 1. The number of hydrogen-bond donors (Lipinski definition) is 0. The molecule has 3 rings (SSSR count). The van der Waals surface area contributed by atoms with Crippen LogP contribution in [-0.4, -0.2) is 4.98 Å². The second-order valence-electron chi connectivity index (χ2n) is 6.97. The fourth-order valence-electron chi connectivity index (χ4n) is 3.84. The summed E-state index contributed by atoms with van der Waals surface area (Å²) >= 11 is 5.82. The van der Waals surface area contributed by atoms with Gasteiger partial charge in [0.15, 0.2) is 0 Å². The summed E-state index contributed by atoms with van der Waals surface area (Å²) in [6.45, 7) is 2.25. The van der Waals surface area contributed by atoms with E-state index in [0.29, 0.717) is 11.1 Å². The van der Waals surface area contributed by atoms with E-state index >= 15 is 0 Å². The van der Waals surface area contributed by atoms with E-state index in [1.807, 2.05) is 18.2 Å². The van der Waals surface area contributed by atoms with Crippen LogP contribution in [0.5, 0.6) is 0 Å². The fraction of sp³-hybridized carbons (Fsp3) is 0.476. The molecular weight excluding hydrogens is 321 g/mol. The lowest BCUT2D eigenvalue weighted by Gasteiger charge is -2.29. The van der Waals surface area contributed by atoms with Gasteiger partial charge in [0.1, 0.15) is 11.0 Å². The average Bonchev–Trinajstić information content (AvgIpc) is 2.61. The number of hydrogen-bond acceptors (Lipinski definition) is 1. The van der Waals surface area contributed by atoms with Crippen molar-refractivity contribution in [1.29, 1.82) is 0 Å². The van der Waals surface area contributed by atoms with E-state index in [1.54, 1.807) is 18.3 Å². The van der Waals surface area contributed by atoms with Gasteiger partial charge in [-0.05, 0) is 66.8 Å². The molecule has 3 heteroatoms. The molecule has 0 radical (unpaired) electrons. The summed E-state index contributed by atoms with van der Waals surface area (Å²) in [6.07, 6.45) is 10.4. The predicted molar refractivity (Wildman–Crippen MR) is 98.9 cm³/mol. The molecule has 1 saturated carbocycles. The quantitative estimate of drug-likeness (QED) is 0.531. The smallest absolute Gasteiger partial charge is 0.129 e. The van der Waals surface area contributed by atoms with Crippen molar-refractivity contribution < 1.29 is 4.39 Å². The maximum absolute atomic E-state index is 14.7. The maximum Gasteiger partial charge on any atom is 0.129 e. The first-order valence-electron chi connectivity index (χ1n) is 9.08. The minimum atomic E-state index is -0.0838. The van der Waals surface area contributed by atoms with Gasteiger partial charge in [-0.1, -0.05) is 49.9 Å². The molecule has 1 aromatic carbocycles. The monoisotopic (exact) mass is 345 g/mol. The summed E-state index contributed by atoms with van der Waals surface area (Å²) in [5.41, 5.74) is 2.64. The van der Waals surface area contributed by atoms with Crippen molar-refractivity contribution in [2.75, 3.05) is 0 Å². The zero-order chi connectivity index (χ0) is 16.9. The number of benzene rings is 1. The minimum absolute atomic E-state index is 0.0838. The fourth-order valence-corrected chi connectivity index (χ4v) is 3.95. The van der Waals surface area contributed by atoms with Gasteiger partial charge in [0, 0.05) is 11.8 Å². The van der Waals surface area contributed by atoms with Crippen LogP contribution in [0.2, 0.25) is 5.15 Å². The van der Waals surface area contributed by atoms with Gasteiger partial charge in [0.05, 0.1) is 0 Å². The molecule has 1 aromatic heterocycles. The van der Waals surface area contributed by atoms with Gasteiger partial charge >= 0.3 is 0 Å². The van der Waals surface area contributed by atoms with Gasteiger partial charge < -0.3 is 0 Å². The number of halogens is 2. The highest BCUT2D eigenvalue weighted by Crippen LogP contribution is 2.39. The zero-order valence-corrected chi connectivity index (χ0v) is 15.0. The van der Waals surface area contributed by atoms with E-state index < -0.39 is 0 Å². The molecular formula is C21H25ClFN. The summed E-state index contributed by atoms with van der Waals surface area (Å²) < 4.78 is 14.7. The van der Waals surface area contributed by atoms with Crippen LogP contribution < -0.4 is 0 Å². The van der Waals surface area contributed by atoms with Crippen LogP contribution in [0.3, 0.4) is 0 Å². The minimum Gasteiger partial charge on any atom is -0.244 e. The van der Waals surface area contributed by atoms with Crippen LogP contribution in [0.15, 0.2) is 36.5 Å². The Labute approximate surface area is 149 Å². The summed E-state index contributed by atoms with van der Waals surface area (Å²) in [4.78, 5) is 4.07. The topological polar surface area (TPSA) is 12.9 Å². The number of aromatic nitrogens is 1. The van der Waals surface area contributed by atoms with Crippen molar-refractivity contribution in [2.24, 2.45) is 5.92 Å². The number of rotatable bonds is 5. The van der Waals surface area contributed by atoms with Crippen LogP contribution in [0, 0.1) is 11.7 Å². The van der Waals surface area contributed by atoms with Gasteiger partial charge in [-0.15, -0.1) is 0 Å². The molecule has 0 atom stereocenters. The van der Waals surface area contributed by atoms with E-state index in [2.05, 4.69) is 11.9 Å². The van der Waals surface area contributed by atoms with Crippen molar-refractivity contribution in [3.05, 3.63) is 53.1 Å². The Morgan fingerprint density at radius 3 is 2.46 bits per heavy atom. The molecule has 0 N–H and O–H groups in total. The predicted octanol–water partition coefficient (Wildman–Crippen LogP) is 7.01. The molecule has 2 aromatic rings. The van der Waals surface area contributed by atoms with E-state index in [4.69, 9.17) is 11.6 Å². The Balaban J connectivity index is 1.68. The SMILES string of the molecule is CCCC[C@H]1CC[C@H](c2ccc(-c3ccc(Cl)nc3)cc2F)CC1. The first-order chi connectivity index (χ1) is 11.7. The second-order valence-corrected chi connectivity index (χ2v) is 7.35. The summed E-state index contributed by atoms with van der Waals surface area (Å²) in [5, 5.41) is 0.454. The van der Waals surface area contributed by atoms with Gasteiger partial charge in [0.25, 0.3) is 0 Å². The molecule has 0 aliphatic heterocycles. The number of pyridine rings is 1. The molecule has 1 heterocycles. The highest BCUT2D eigenvalue weighted by atomic mass is 35.5. The molecule has 1 nitrogen and oxygen atoms in total. The number of nitrogens with zero attached hydrogens (tertiary/aromatic N) is 1. The van der Waals surface area contributed by atoms with Crippen molar-refractivity contribution in [3.8, 4) is 11.1 Å². The summed E-state index contributed by atoms with van der Waals surface area (Å²) in [5.74, 6) is 1.14. The highest BCUT2D eigenvalue weighted by Gasteiger charge is 2.24. The van der Waals surface area contributed by atoms with Crippen molar-refractivity contribution in [2.45, 2.75) is 57.8 Å². The summed E-state index contributed by atoms with van der Waals surface area (Å²) in [6, 6.07) is 9.23. The first kappa shape index (κ1) is 17.4. The maximum atomic E-state index is 14.7. The van der Waals surface area contributed by atoms with Crippen molar-refractivity contribution >= 4 is 11.6 Å². The zero-order valence-electron chi connectivity index (χ0n) is 14.3. The van der Waals surface area contributed by atoms with Crippen LogP contribution >= 0.6 is 11.6 Å². The molecule has 1 aliphatic carbocycles. The molecule has 0 amide bonds.